The van der Waals surface area contributed by atoms with Gasteiger partial charge in [-0.25, -0.2) is 4.98 Å². The molecule has 1 fully saturated rings. The van der Waals surface area contributed by atoms with Crippen molar-refractivity contribution in [2.24, 2.45) is 0 Å². The Morgan fingerprint density at radius 1 is 1.04 bits per heavy atom. The highest BCUT2D eigenvalue weighted by atomic mass is 16.2. The van der Waals surface area contributed by atoms with E-state index in [1.807, 2.05) is 30.5 Å². The number of benzene rings is 1. The van der Waals surface area contributed by atoms with Gasteiger partial charge >= 0.3 is 0 Å². The Hall–Kier alpha value is -2.40. The molecule has 1 aromatic heterocycles. The van der Waals surface area contributed by atoms with E-state index in [1.165, 1.54) is 5.56 Å². The molecule has 27 heavy (non-hydrogen) atoms. The van der Waals surface area contributed by atoms with Crippen LogP contribution in [0.15, 0.2) is 36.5 Å². The SMILES string of the molecule is Cc1cc(-c2ccc(C(=O)N(C)C)cc2)cnc1N1CCN(C(C)C)CC1. The number of pyridine rings is 1. The number of aryl methyl sites for hydroxylation is 1. The molecule has 1 aromatic carbocycles. The molecule has 2 aromatic rings. The average molecular weight is 367 g/mol. The van der Waals surface area contributed by atoms with E-state index >= 15 is 0 Å². The number of aromatic nitrogens is 1. The number of nitrogens with zero attached hydrogens (tertiary/aromatic N) is 4. The number of rotatable bonds is 4. The lowest BCUT2D eigenvalue weighted by Gasteiger charge is -2.38. The number of carbonyl (C=O) groups is 1. The van der Waals surface area contributed by atoms with Gasteiger partial charge in [0.15, 0.2) is 0 Å². The molecule has 0 atom stereocenters. The standard InChI is InChI=1S/C22H30N4O/c1-16(2)25-10-12-26(13-11-25)21-17(3)14-20(15-23-21)18-6-8-19(9-7-18)22(27)24(4)5/h6-9,14-16H,10-13H2,1-5H3. The van der Waals surface area contributed by atoms with Crippen molar-refractivity contribution in [2.75, 3.05) is 45.2 Å². The third-order valence-corrected chi connectivity index (χ3v) is 5.27. The molecule has 0 N–H and O–H groups in total. The molecule has 5 heteroatoms. The van der Waals surface area contributed by atoms with E-state index in [0.29, 0.717) is 11.6 Å². The number of amides is 1. The maximum absolute atomic E-state index is 12.0. The number of piperazine rings is 1. The molecule has 1 saturated heterocycles. The quantitative estimate of drug-likeness (QED) is 0.832. The van der Waals surface area contributed by atoms with Crippen LogP contribution < -0.4 is 4.90 Å². The van der Waals surface area contributed by atoms with Crippen molar-refractivity contribution >= 4 is 11.7 Å². The Bertz CT molecular complexity index is 790. The summed E-state index contributed by atoms with van der Waals surface area (Å²) in [5.74, 6) is 1.10. The molecular formula is C22H30N4O. The first-order valence-electron chi connectivity index (χ1n) is 9.64. The van der Waals surface area contributed by atoms with E-state index in [4.69, 9.17) is 4.98 Å². The zero-order valence-electron chi connectivity index (χ0n) is 17.1. The number of hydrogen-bond acceptors (Lipinski definition) is 4. The molecule has 0 bridgehead atoms. The molecule has 2 heterocycles. The average Bonchev–Trinajstić information content (AvgIpc) is 2.67. The van der Waals surface area contributed by atoms with Crippen LogP contribution in [0.3, 0.4) is 0 Å². The maximum atomic E-state index is 12.0. The Morgan fingerprint density at radius 3 is 2.19 bits per heavy atom. The molecule has 3 rings (SSSR count). The summed E-state index contributed by atoms with van der Waals surface area (Å²) in [6.45, 7) is 10.9. The highest BCUT2D eigenvalue weighted by molar-refractivity contribution is 5.94. The summed E-state index contributed by atoms with van der Waals surface area (Å²) in [7, 11) is 3.53. The van der Waals surface area contributed by atoms with Gasteiger partial charge in [0.1, 0.15) is 5.82 Å². The lowest BCUT2D eigenvalue weighted by molar-refractivity contribution is 0.0827. The summed E-state index contributed by atoms with van der Waals surface area (Å²) < 4.78 is 0. The van der Waals surface area contributed by atoms with Crippen LogP contribution in [0, 0.1) is 6.92 Å². The first-order valence-corrected chi connectivity index (χ1v) is 9.64. The molecule has 5 nitrogen and oxygen atoms in total. The normalized spacial score (nSPS) is 15.3. The summed E-state index contributed by atoms with van der Waals surface area (Å²) in [5.41, 5.74) is 4.06. The molecule has 144 valence electrons. The molecule has 0 aliphatic carbocycles. The van der Waals surface area contributed by atoms with Gasteiger partial charge in [-0.05, 0) is 50.1 Å². The van der Waals surface area contributed by atoms with E-state index in [1.54, 1.807) is 19.0 Å². The predicted octanol–water partition coefficient (Wildman–Crippen LogP) is 3.29. The van der Waals surface area contributed by atoms with Gasteiger partial charge in [0.05, 0.1) is 0 Å². The van der Waals surface area contributed by atoms with Gasteiger partial charge in [0.25, 0.3) is 5.91 Å². The third kappa shape index (κ3) is 4.30. The van der Waals surface area contributed by atoms with E-state index in [9.17, 15) is 4.79 Å². The Kier molecular flexibility index (Phi) is 5.80. The van der Waals surface area contributed by atoms with Crippen LogP contribution in [0.5, 0.6) is 0 Å². The van der Waals surface area contributed by atoms with Gasteiger partial charge < -0.3 is 9.80 Å². The van der Waals surface area contributed by atoms with Crippen LogP contribution in [0.2, 0.25) is 0 Å². The number of hydrogen-bond donors (Lipinski definition) is 0. The molecule has 0 unspecified atom stereocenters. The Balaban J connectivity index is 1.74. The van der Waals surface area contributed by atoms with Crippen molar-refractivity contribution in [1.82, 2.24) is 14.8 Å². The molecule has 1 aliphatic rings. The lowest BCUT2D eigenvalue weighted by atomic mass is 10.0. The largest absolute Gasteiger partial charge is 0.354 e. The minimum atomic E-state index is 0.0201. The van der Waals surface area contributed by atoms with Crippen molar-refractivity contribution in [3.63, 3.8) is 0 Å². The molecule has 1 aliphatic heterocycles. The van der Waals surface area contributed by atoms with Gasteiger partial charge in [-0.1, -0.05) is 12.1 Å². The van der Waals surface area contributed by atoms with Crippen molar-refractivity contribution in [1.29, 1.82) is 0 Å². The van der Waals surface area contributed by atoms with E-state index < -0.39 is 0 Å². The van der Waals surface area contributed by atoms with Gasteiger partial charge in [-0.2, -0.15) is 0 Å². The van der Waals surface area contributed by atoms with Crippen molar-refractivity contribution in [3.8, 4) is 11.1 Å². The fourth-order valence-electron chi connectivity index (χ4n) is 3.57. The smallest absolute Gasteiger partial charge is 0.253 e. The Morgan fingerprint density at radius 2 is 1.67 bits per heavy atom. The lowest BCUT2D eigenvalue weighted by Crippen LogP contribution is -2.49. The van der Waals surface area contributed by atoms with Gasteiger partial charge in [-0.15, -0.1) is 0 Å². The topological polar surface area (TPSA) is 39.7 Å². The van der Waals surface area contributed by atoms with Crippen LogP contribution in [-0.4, -0.2) is 67.0 Å². The number of carbonyl (C=O) groups excluding carboxylic acids is 1. The monoisotopic (exact) mass is 366 g/mol. The van der Waals surface area contributed by atoms with Gasteiger partial charge in [0, 0.05) is 63.6 Å². The van der Waals surface area contributed by atoms with Crippen LogP contribution in [-0.2, 0) is 0 Å². The van der Waals surface area contributed by atoms with Crippen molar-refractivity contribution in [2.45, 2.75) is 26.8 Å². The van der Waals surface area contributed by atoms with E-state index in [-0.39, 0.29) is 5.91 Å². The first kappa shape index (κ1) is 19.4. The van der Waals surface area contributed by atoms with Gasteiger partial charge in [-0.3, -0.25) is 9.69 Å². The maximum Gasteiger partial charge on any atom is 0.253 e. The molecule has 0 saturated carbocycles. The first-order chi connectivity index (χ1) is 12.9. The van der Waals surface area contributed by atoms with Crippen molar-refractivity contribution in [3.05, 3.63) is 47.7 Å². The molecular weight excluding hydrogens is 336 g/mol. The molecule has 0 radical (unpaired) electrons. The fourth-order valence-corrected chi connectivity index (χ4v) is 3.57. The summed E-state index contributed by atoms with van der Waals surface area (Å²) in [6.07, 6.45) is 1.94. The second kappa shape index (κ2) is 8.09. The summed E-state index contributed by atoms with van der Waals surface area (Å²) in [6, 6.07) is 10.5. The fraction of sp³-hybridized carbons (Fsp3) is 0.455. The minimum Gasteiger partial charge on any atom is -0.354 e. The highest BCUT2D eigenvalue weighted by Gasteiger charge is 2.21. The van der Waals surface area contributed by atoms with Crippen LogP contribution >= 0.6 is 0 Å². The predicted molar refractivity (Wildman–Crippen MR) is 111 cm³/mol. The van der Waals surface area contributed by atoms with Crippen LogP contribution in [0.25, 0.3) is 11.1 Å². The second-order valence-corrected chi connectivity index (χ2v) is 7.76. The van der Waals surface area contributed by atoms with Crippen LogP contribution in [0.4, 0.5) is 5.82 Å². The van der Waals surface area contributed by atoms with E-state index in [0.717, 1.165) is 43.1 Å². The summed E-state index contributed by atoms with van der Waals surface area (Å²) in [4.78, 5) is 23.3. The van der Waals surface area contributed by atoms with Gasteiger partial charge in [0.2, 0.25) is 0 Å². The minimum absolute atomic E-state index is 0.0201. The molecule has 1 amide bonds. The summed E-state index contributed by atoms with van der Waals surface area (Å²) >= 11 is 0. The Labute approximate surface area is 162 Å². The third-order valence-electron chi connectivity index (χ3n) is 5.27. The van der Waals surface area contributed by atoms with E-state index in [2.05, 4.69) is 36.6 Å². The van der Waals surface area contributed by atoms with Crippen molar-refractivity contribution < 1.29 is 4.79 Å². The van der Waals surface area contributed by atoms with Crippen LogP contribution in [0.1, 0.15) is 29.8 Å². The summed E-state index contributed by atoms with van der Waals surface area (Å²) in [5, 5.41) is 0. The zero-order valence-corrected chi connectivity index (χ0v) is 17.1. The number of anilines is 1. The highest BCUT2D eigenvalue weighted by Crippen LogP contribution is 2.26. The zero-order chi connectivity index (χ0) is 19.6. The second-order valence-electron chi connectivity index (χ2n) is 7.76. The molecule has 0 spiro atoms.